The fourth-order valence-electron chi connectivity index (χ4n) is 1.78. The van der Waals surface area contributed by atoms with Crippen LogP contribution in [-0.4, -0.2) is 43.3 Å². The summed E-state index contributed by atoms with van der Waals surface area (Å²) in [6.45, 7) is -0.129. The van der Waals surface area contributed by atoms with Gasteiger partial charge in [-0.1, -0.05) is 30.3 Å². The summed E-state index contributed by atoms with van der Waals surface area (Å²) in [6, 6.07) is 8.69. The Kier molecular flexibility index (Phi) is 3.58. The third-order valence-corrected chi connectivity index (χ3v) is 3.86. The van der Waals surface area contributed by atoms with E-state index in [1.807, 2.05) is 30.3 Å². The lowest BCUT2D eigenvalue weighted by Gasteiger charge is -2.32. The van der Waals surface area contributed by atoms with Crippen molar-refractivity contribution in [2.45, 2.75) is 6.04 Å². The van der Waals surface area contributed by atoms with Crippen LogP contribution in [-0.2, 0) is 14.8 Å². The first-order chi connectivity index (χ1) is 8.52. The maximum atomic E-state index is 11.6. The Hall–Kier alpha value is -1.53. The van der Waals surface area contributed by atoms with Gasteiger partial charge in [-0.25, -0.2) is 8.42 Å². The molecule has 1 aromatic carbocycles. The number of aliphatic hydroxyl groups excluding tert-OH is 1. The number of rotatable bonds is 3. The lowest BCUT2D eigenvalue weighted by molar-refractivity contribution is 0.122. The molecule has 0 bridgehead atoms. The van der Waals surface area contributed by atoms with Gasteiger partial charge in [-0.05, 0) is 0 Å². The maximum absolute atomic E-state index is 11.6. The van der Waals surface area contributed by atoms with Gasteiger partial charge in [0.2, 0.25) is 10.0 Å². The summed E-state index contributed by atoms with van der Waals surface area (Å²) in [5, 5.41) is 9.17. The van der Waals surface area contributed by atoms with Gasteiger partial charge in [0, 0.05) is 5.56 Å². The van der Waals surface area contributed by atoms with Crippen LogP contribution in [0.1, 0.15) is 5.56 Å². The molecule has 1 aliphatic heterocycles. The van der Waals surface area contributed by atoms with Crippen LogP contribution in [0.25, 0.3) is 5.76 Å². The van der Waals surface area contributed by atoms with Gasteiger partial charge in [-0.3, -0.25) is 4.31 Å². The average molecular weight is 269 g/mol. The van der Waals surface area contributed by atoms with E-state index in [-0.39, 0.29) is 13.2 Å². The Labute approximate surface area is 106 Å². The molecule has 6 heteroatoms. The third-order valence-electron chi connectivity index (χ3n) is 2.69. The van der Waals surface area contributed by atoms with Crippen LogP contribution in [0.3, 0.4) is 0 Å². The van der Waals surface area contributed by atoms with Gasteiger partial charge in [-0.2, -0.15) is 0 Å². The zero-order valence-electron chi connectivity index (χ0n) is 9.98. The fourth-order valence-corrected chi connectivity index (χ4v) is 2.73. The molecule has 0 fully saturated rings. The second kappa shape index (κ2) is 4.99. The topological polar surface area (TPSA) is 66.8 Å². The molecule has 0 amide bonds. The monoisotopic (exact) mass is 269 g/mol. The summed E-state index contributed by atoms with van der Waals surface area (Å²) in [7, 11) is -3.41. The van der Waals surface area contributed by atoms with Gasteiger partial charge in [0.05, 0.1) is 19.1 Å². The molecular weight excluding hydrogens is 254 g/mol. The van der Waals surface area contributed by atoms with E-state index in [2.05, 4.69) is 0 Å². The van der Waals surface area contributed by atoms with Crippen LogP contribution >= 0.6 is 0 Å². The Morgan fingerprint density at radius 3 is 2.61 bits per heavy atom. The number of benzene rings is 1. The molecule has 18 heavy (non-hydrogen) atoms. The molecule has 0 aromatic heterocycles. The number of nitrogens with zero attached hydrogens (tertiary/aromatic N) is 1. The van der Waals surface area contributed by atoms with Gasteiger partial charge in [-0.15, -0.1) is 0 Å². The van der Waals surface area contributed by atoms with E-state index in [0.29, 0.717) is 5.76 Å². The Balaban J connectivity index is 2.37. The smallest absolute Gasteiger partial charge is 0.232 e. The van der Waals surface area contributed by atoms with E-state index in [1.54, 1.807) is 0 Å². The average Bonchev–Trinajstić information content (AvgIpc) is 2.38. The second-order valence-electron chi connectivity index (χ2n) is 4.10. The van der Waals surface area contributed by atoms with Crippen LogP contribution in [0, 0.1) is 0 Å². The predicted molar refractivity (Wildman–Crippen MR) is 67.9 cm³/mol. The molecule has 5 nitrogen and oxygen atoms in total. The van der Waals surface area contributed by atoms with E-state index in [9.17, 15) is 8.42 Å². The summed E-state index contributed by atoms with van der Waals surface area (Å²) >= 11 is 0. The third kappa shape index (κ3) is 2.65. The molecule has 0 radical (unpaired) electrons. The van der Waals surface area contributed by atoms with E-state index >= 15 is 0 Å². The molecule has 1 heterocycles. The summed E-state index contributed by atoms with van der Waals surface area (Å²) in [4.78, 5) is 0. The van der Waals surface area contributed by atoms with Crippen molar-refractivity contribution in [2.24, 2.45) is 0 Å². The summed E-state index contributed by atoms with van der Waals surface area (Å²) < 4.78 is 29.9. The summed E-state index contributed by atoms with van der Waals surface area (Å²) in [6.07, 6.45) is 2.54. The normalized spacial score (nSPS) is 20.2. The molecule has 1 N–H and O–H groups in total. The first-order valence-electron chi connectivity index (χ1n) is 5.52. The molecule has 0 saturated carbocycles. The first-order valence-corrected chi connectivity index (χ1v) is 7.36. The molecular formula is C12H15NO4S. The van der Waals surface area contributed by atoms with Crippen LogP contribution in [0.5, 0.6) is 0 Å². The first kappa shape index (κ1) is 12.9. The molecule has 98 valence electrons. The molecule has 1 aliphatic rings. The van der Waals surface area contributed by atoms with Crippen molar-refractivity contribution < 1.29 is 18.3 Å². The summed E-state index contributed by atoms with van der Waals surface area (Å²) in [5.41, 5.74) is 0.808. The molecule has 1 aromatic rings. The van der Waals surface area contributed by atoms with Crippen molar-refractivity contribution in [1.29, 1.82) is 0 Å². The highest BCUT2D eigenvalue weighted by molar-refractivity contribution is 7.88. The van der Waals surface area contributed by atoms with Crippen molar-refractivity contribution in [2.75, 3.05) is 19.5 Å². The van der Waals surface area contributed by atoms with Crippen LogP contribution < -0.4 is 0 Å². The Bertz CT molecular complexity index is 538. The minimum Gasteiger partial charge on any atom is -0.489 e. The van der Waals surface area contributed by atoms with Gasteiger partial charge in [0.25, 0.3) is 0 Å². The van der Waals surface area contributed by atoms with Gasteiger partial charge in [0.1, 0.15) is 18.4 Å². The van der Waals surface area contributed by atoms with Gasteiger partial charge < -0.3 is 9.84 Å². The predicted octanol–water partition coefficient (Wildman–Crippen LogP) is 0.638. The van der Waals surface area contributed by atoms with Gasteiger partial charge >= 0.3 is 0 Å². The minimum atomic E-state index is -3.41. The van der Waals surface area contributed by atoms with Crippen LogP contribution in [0.15, 0.2) is 36.5 Å². The highest BCUT2D eigenvalue weighted by Gasteiger charge is 2.28. The molecule has 0 unspecified atom stereocenters. The molecule has 1 atom stereocenters. The zero-order chi connectivity index (χ0) is 13.2. The number of sulfonamides is 1. The molecule has 0 spiro atoms. The Morgan fingerprint density at radius 2 is 2.06 bits per heavy atom. The minimum absolute atomic E-state index is 0.143. The maximum Gasteiger partial charge on any atom is 0.232 e. The number of hydrogen-bond acceptors (Lipinski definition) is 4. The van der Waals surface area contributed by atoms with Crippen molar-refractivity contribution in [3.05, 3.63) is 42.1 Å². The second-order valence-corrected chi connectivity index (χ2v) is 5.99. The lowest BCUT2D eigenvalue weighted by atomic mass is 10.2. The SMILES string of the molecule is CS(=O)(=O)N1C=C(c2ccccc2)OC[C@@H]1CO. The largest absolute Gasteiger partial charge is 0.489 e. The van der Waals surface area contributed by atoms with Crippen LogP contribution in [0.2, 0.25) is 0 Å². The zero-order valence-corrected chi connectivity index (χ0v) is 10.8. The number of hydrogen-bond donors (Lipinski definition) is 1. The van der Waals surface area contributed by atoms with Crippen molar-refractivity contribution in [1.82, 2.24) is 4.31 Å². The highest BCUT2D eigenvalue weighted by atomic mass is 32.2. The van der Waals surface area contributed by atoms with E-state index < -0.39 is 16.1 Å². The van der Waals surface area contributed by atoms with Crippen molar-refractivity contribution in [3.8, 4) is 0 Å². The molecule has 0 aliphatic carbocycles. The highest BCUT2D eigenvalue weighted by Crippen LogP contribution is 2.24. The fraction of sp³-hybridized carbons (Fsp3) is 0.333. The molecule has 0 saturated heterocycles. The summed E-state index contributed by atoms with van der Waals surface area (Å²) in [5.74, 6) is 0.491. The number of aliphatic hydroxyl groups is 1. The van der Waals surface area contributed by atoms with E-state index in [4.69, 9.17) is 9.84 Å². The quantitative estimate of drug-likeness (QED) is 0.874. The number of ether oxygens (including phenoxy) is 1. The van der Waals surface area contributed by atoms with Crippen molar-refractivity contribution >= 4 is 15.8 Å². The van der Waals surface area contributed by atoms with E-state index in [0.717, 1.165) is 16.1 Å². The molecule has 2 rings (SSSR count). The van der Waals surface area contributed by atoms with E-state index in [1.165, 1.54) is 6.20 Å². The standard InChI is InChI=1S/C12H15NO4S/c1-18(15,16)13-7-12(17-9-11(13)8-14)10-5-3-2-4-6-10/h2-7,11,14H,8-9H2,1H3/t11-/m0/s1. The lowest BCUT2D eigenvalue weighted by Crippen LogP contribution is -2.43. The van der Waals surface area contributed by atoms with Crippen LogP contribution in [0.4, 0.5) is 0 Å². The van der Waals surface area contributed by atoms with Gasteiger partial charge in [0.15, 0.2) is 0 Å². The Morgan fingerprint density at radius 1 is 1.39 bits per heavy atom. The van der Waals surface area contributed by atoms with Crippen molar-refractivity contribution in [3.63, 3.8) is 0 Å².